The third-order valence-corrected chi connectivity index (χ3v) is 17.4. The molecule has 4 bridgehead atoms. The van der Waals surface area contributed by atoms with Gasteiger partial charge in [0.2, 0.25) is 0 Å². The van der Waals surface area contributed by atoms with Gasteiger partial charge < -0.3 is 9.80 Å². The second-order valence-electron chi connectivity index (χ2n) is 19.6. The molecule has 0 unspecified atom stereocenters. The Balaban J connectivity index is 1.01. The molecule has 7 aromatic carbocycles. The van der Waals surface area contributed by atoms with Crippen molar-refractivity contribution in [1.29, 1.82) is 0 Å². The number of rotatable bonds is 2. The molecular weight excluding hydrogens is 711 g/mol. The molecule has 6 aliphatic carbocycles. The fraction of sp³-hybridized carbons (Fsp3) is 0.250. The van der Waals surface area contributed by atoms with Crippen molar-refractivity contribution in [1.82, 2.24) is 0 Å². The summed E-state index contributed by atoms with van der Waals surface area (Å²) in [5.41, 5.74) is 24.6. The van der Waals surface area contributed by atoms with Gasteiger partial charge in [0.25, 0.3) is 6.71 Å². The van der Waals surface area contributed by atoms with Crippen molar-refractivity contribution in [3.05, 3.63) is 174 Å². The first-order valence-corrected chi connectivity index (χ1v) is 22.6. The Labute approximate surface area is 347 Å². The zero-order valence-electron chi connectivity index (χ0n) is 33.4. The molecule has 8 aliphatic rings. The van der Waals surface area contributed by atoms with Crippen LogP contribution in [0.25, 0.3) is 22.3 Å². The Morgan fingerprint density at radius 2 is 1.02 bits per heavy atom. The summed E-state index contributed by atoms with van der Waals surface area (Å²) < 4.78 is 0. The van der Waals surface area contributed by atoms with Crippen LogP contribution in [0.2, 0.25) is 0 Å². The highest BCUT2D eigenvalue weighted by atomic mass is 15.2. The first-order valence-electron chi connectivity index (χ1n) is 22.6. The van der Waals surface area contributed by atoms with Crippen LogP contribution in [0.1, 0.15) is 73.6 Å². The molecule has 2 aliphatic heterocycles. The van der Waals surface area contributed by atoms with Crippen LogP contribution in [0.15, 0.2) is 152 Å². The molecule has 0 N–H and O–H groups in total. The van der Waals surface area contributed by atoms with Crippen molar-refractivity contribution in [2.24, 2.45) is 23.7 Å². The predicted octanol–water partition coefficient (Wildman–Crippen LogP) is 11.9. The van der Waals surface area contributed by atoms with Crippen molar-refractivity contribution >= 4 is 57.2 Å². The van der Waals surface area contributed by atoms with Crippen LogP contribution in [-0.4, -0.2) is 6.71 Å². The molecule has 59 heavy (non-hydrogen) atoms. The maximum absolute atomic E-state index is 2.74. The highest BCUT2D eigenvalue weighted by Gasteiger charge is 2.59. The smallest absolute Gasteiger partial charge is 0.252 e. The molecular formula is C56H45BN2. The summed E-state index contributed by atoms with van der Waals surface area (Å²) in [6.07, 6.45) is 10.9. The Bertz CT molecular complexity index is 2990. The summed E-state index contributed by atoms with van der Waals surface area (Å²) in [5, 5.41) is 0. The summed E-state index contributed by atoms with van der Waals surface area (Å²) in [7, 11) is 0. The lowest BCUT2D eigenvalue weighted by atomic mass is 9.33. The van der Waals surface area contributed by atoms with Gasteiger partial charge in [-0.1, -0.05) is 122 Å². The molecule has 0 aromatic heterocycles. The van der Waals surface area contributed by atoms with E-state index in [1.807, 2.05) is 0 Å². The van der Waals surface area contributed by atoms with Gasteiger partial charge in [0.1, 0.15) is 0 Å². The van der Waals surface area contributed by atoms with Crippen LogP contribution in [0.3, 0.4) is 0 Å². The van der Waals surface area contributed by atoms with Crippen molar-refractivity contribution in [2.45, 2.75) is 62.2 Å². The summed E-state index contributed by atoms with van der Waals surface area (Å²) in [4.78, 5) is 5.29. The molecule has 2 spiro atoms. The minimum Gasteiger partial charge on any atom is -0.311 e. The molecule has 2 heterocycles. The van der Waals surface area contributed by atoms with Crippen molar-refractivity contribution in [2.75, 3.05) is 9.80 Å². The summed E-state index contributed by atoms with van der Waals surface area (Å²) in [6.45, 7) is 0.120. The van der Waals surface area contributed by atoms with Crippen LogP contribution >= 0.6 is 0 Å². The molecule has 6 atom stereocenters. The molecule has 3 heteroatoms. The van der Waals surface area contributed by atoms with Gasteiger partial charge in [-0.25, -0.2) is 0 Å². The number of hydrogen-bond acceptors (Lipinski definition) is 2. The monoisotopic (exact) mass is 756 g/mol. The third-order valence-electron chi connectivity index (χ3n) is 17.4. The Kier molecular flexibility index (Phi) is 6.02. The first-order chi connectivity index (χ1) is 29.2. The van der Waals surface area contributed by atoms with E-state index < -0.39 is 0 Å². The number of hydrogen-bond donors (Lipinski definition) is 0. The fourth-order valence-electron chi connectivity index (χ4n) is 15.5. The van der Waals surface area contributed by atoms with Crippen molar-refractivity contribution in [3.63, 3.8) is 0 Å². The van der Waals surface area contributed by atoms with E-state index in [1.165, 1.54) is 124 Å². The summed E-state index contributed by atoms with van der Waals surface area (Å²) in [6, 6.07) is 59.5. The number of fused-ring (bicyclic) bond motifs is 20. The number of para-hydroxylation sites is 2. The summed E-state index contributed by atoms with van der Waals surface area (Å²) in [5.74, 6) is 3.13. The molecule has 4 saturated carbocycles. The van der Waals surface area contributed by atoms with Gasteiger partial charge in [-0.05, 0) is 160 Å². The van der Waals surface area contributed by atoms with Gasteiger partial charge in [-0.15, -0.1) is 0 Å². The highest BCUT2D eigenvalue weighted by molar-refractivity contribution is 7.00. The molecule has 0 radical (unpaired) electrons. The molecule has 282 valence electrons. The molecule has 4 fully saturated rings. The highest BCUT2D eigenvalue weighted by Crippen LogP contribution is 2.68. The van der Waals surface area contributed by atoms with E-state index in [4.69, 9.17) is 0 Å². The maximum atomic E-state index is 2.74. The lowest BCUT2D eigenvalue weighted by Crippen LogP contribution is -2.61. The van der Waals surface area contributed by atoms with Gasteiger partial charge in [-0.3, -0.25) is 0 Å². The molecule has 0 saturated heterocycles. The second kappa shape index (κ2) is 11.1. The third kappa shape index (κ3) is 3.75. The van der Waals surface area contributed by atoms with Crippen LogP contribution in [0.4, 0.5) is 34.1 Å². The molecule has 2 nitrogen and oxygen atoms in total. The van der Waals surface area contributed by atoms with Gasteiger partial charge in [-0.2, -0.15) is 0 Å². The molecule has 15 rings (SSSR count). The van der Waals surface area contributed by atoms with E-state index in [1.54, 1.807) is 22.3 Å². The number of anilines is 6. The van der Waals surface area contributed by atoms with Gasteiger partial charge in [0, 0.05) is 44.8 Å². The van der Waals surface area contributed by atoms with Crippen LogP contribution in [-0.2, 0) is 10.8 Å². The normalized spacial score (nSPS) is 27.5. The van der Waals surface area contributed by atoms with Gasteiger partial charge in [0.15, 0.2) is 0 Å². The SMILES string of the molecule is c1ccc(N2c3cc4c(cc3B3c5ccccc5N(c5cccc6c5-c5ccccc5[C@@]65C[C@@H]6CC[C@H]5C6)c5cccc2c53)[C@@]2(C[C@H]3CC[C@@H]2C3)c2ccccc2-4)cc1. The van der Waals surface area contributed by atoms with Crippen molar-refractivity contribution < 1.29 is 0 Å². The van der Waals surface area contributed by atoms with Crippen LogP contribution < -0.4 is 26.2 Å². The zero-order chi connectivity index (χ0) is 38.2. The Hall–Kier alpha value is -5.80. The topological polar surface area (TPSA) is 6.48 Å². The van der Waals surface area contributed by atoms with E-state index in [0.717, 1.165) is 23.7 Å². The minimum absolute atomic E-state index is 0.120. The average Bonchev–Trinajstić information content (AvgIpc) is 4.17. The van der Waals surface area contributed by atoms with Crippen LogP contribution in [0, 0.1) is 23.7 Å². The van der Waals surface area contributed by atoms with Gasteiger partial charge >= 0.3 is 0 Å². The van der Waals surface area contributed by atoms with Crippen molar-refractivity contribution in [3.8, 4) is 22.3 Å². The Morgan fingerprint density at radius 3 is 1.76 bits per heavy atom. The van der Waals surface area contributed by atoms with Crippen LogP contribution in [0.5, 0.6) is 0 Å². The standard InChI is InChI=1S/C56H45BN2/c1-2-12-38(13-3-1)58-50-22-11-23-51-54(50)57(47-31-45-41(30-52(47)58)39-14-4-6-16-42(39)56(45)33-35-25-27-37(56)29-35)46-19-8-9-20-48(46)59(51)49-21-10-18-44-53(49)40-15-5-7-17-43(40)55(44)32-34-24-26-36(55)28-34/h1-23,30-31,34-37H,24-29,32-33H2/t34-,35+,36+,37-,55+,56-/m1/s1. The lowest BCUT2D eigenvalue weighted by Gasteiger charge is -2.45. The average molecular weight is 757 g/mol. The predicted molar refractivity (Wildman–Crippen MR) is 244 cm³/mol. The van der Waals surface area contributed by atoms with Gasteiger partial charge in [0.05, 0.1) is 5.69 Å². The van der Waals surface area contributed by atoms with E-state index >= 15 is 0 Å². The summed E-state index contributed by atoms with van der Waals surface area (Å²) >= 11 is 0. The largest absolute Gasteiger partial charge is 0.311 e. The lowest BCUT2D eigenvalue weighted by molar-refractivity contribution is 0.327. The number of nitrogens with zero attached hydrogens (tertiary/aromatic N) is 2. The number of benzene rings is 7. The molecule has 7 aromatic rings. The quantitative estimate of drug-likeness (QED) is 0.162. The van der Waals surface area contributed by atoms with E-state index in [0.29, 0.717) is 0 Å². The van der Waals surface area contributed by atoms with E-state index in [-0.39, 0.29) is 17.5 Å². The molecule has 0 amide bonds. The maximum Gasteiger partial charge on any atom is 0.252 e. The van der Waals surface area contributed by atoms with E-state index in [9.17, 15) is 0 Å². The Morgan fingerprint density at radius 1 is 0.424 bits per heavy atom. The fourth-order valence-corrected chi connectivity index (χ4v) is 15.5. The zero-order valence-corrected chi connectivity index (χ0v) is 33.4. The van der Waals surface area contributed by atoms with E-state index in [2.05, 4.69) is 161 Å². The minimum atomic E-state index is 0.120. The second-order valence-corrected chi connectivity index (χ2v) is 19.6. The first kappa shape index (κ1) is 32.1.